The van der Waals surface area contributed by atoms with Crippen molar-refractivity contribution in [2.75, 3.05) is 6.61 Å². The molecule has 0 bridgehead atoms. The molecule has 4 nitrogen and oxygen atoms in total. The Kier molecular flexibility index (Phi) is 14.2. The van der Waals surface area contributed by atoms with Crippen molar-refractivity contribution in [2.24, 2.45) is 0 Å². The lowest BCUT2D eigenvalue weighted by atomic mass is 10.1. The molecule has 39 heavy (non-hydrogen) atoms. The summed E-state index contributed by atoms with van der Waals surface area (Å²) in [5, 5.41) is 0. The fraction of sp³-hybridized carbons (Fsp3) is 0.486. The number of ether oxygens (including phenoxy) is 2. The Balaban J connectivity index is 1.35. The van der Waals surface area contributed by atoms with E-state index in [1.807, 2.05) is 60.7 Å². The second-order valence-electron chi connectivity index (χ2n) is 10.5. The maximum atomic E-state index is 12.5. The number of carbonyl (C=O) groups excluding carboxylic acids is 1. The highest BCUT2D eigenvalue weighted by atomic mass is 16.5. The normalized spacial score (nSPS) is 10.9. The Hall–Kier alpha value is -3.14. The molecule has 0 atom stereocenters. The fourth-order valence-corrected chi connectivity index (χ4v) is 4.66. The lowest BCUT2D eigenvalue weighted by molar-refractivity contribution is 0.0734. The van der Waals surface area contributed by atoms with Gasteiger partial charge in [-0.15, -0.1) is 0 Å². The summed E-state index contributed by atoms with van der Waals surface area (Å²) in [5.41, 5.74) is 3.64. The van der Waals surface area contributed by atoms with Crippen LogP contribution in [0.1, 0.15) is 113 Å². The van der Waals surface area contributed by atoms with Crippen LogP contribution in [0.25, 0.3) is 11.3 Å². The van der Waals surface area contributed by atoms with Crippen LogP contribution in [0.5, 0.6) is 11.5 Å². The first-order chi connectivity index (χ1) is 19.2. The molecule has 0 spiro atoms. The van der Waals surface area contributed by atoms with Crippen molar-refractivity contribution >= 4 is 5.97 Å². The maximum absolute atomic E-state index is 12.5. The molecule has 0 saturated heterocycles. The van der Waals surface area contributed by atoms with Crippen LogP contribution < -0.4 is 9.47 Å². The number of benzene rings is 2. The van der Waals surface area contributed by atoms with Gasteiger partial charge in [-0.2, -0.15) is 0 Å². The molecule has 0 aliphatic carbocycles. The number of esters is 1. The van der Waals surface area contributed by atoms with E-state index in [0.717, 1.165) is 36.5 Å². The van der Waals surface area contributed by atoms with Crippen molar-refractivity contribution < 1.29 is 14.3 Å². The van der Waals surface area contributed by atoms with E-state index in [1.165, 1.54) is 82.6 Å². The standard InChI is InChI=1S/C35H47NO3/c1-3-5-7-8-9-10-11-12-13-15-27-38-33-25-26-34(36-28-33)30-21-23-32(24-22-30)39-35(37)31-19-17-29(18-20-31)16-14-6-4-2/h17-26,28H,3-16,27H2,1-2H3. The third kappa shape index (κ3) is 11.6. The third-order valence-corrected chi connectivity index (χ3v) is 7.12. The van der Waals surface area contributed by atoms with Crippen molar-refractivity contribution in [3.63, 3.8) is 0 Å². The van der Waals surface area contributed by atoms with Crippen LogP contribution in [0.3, 0.4) is 0 Å². The summed E-state index contributed by atoms with van der Waals surface area (Å²) in [4.78, 5) is 17.1. The van der Waals surface area contributed by atoms with Gasteiger partial charge < -0.3 is 9.47 Å². The van der Waals surface area contributed by atoms with Gasteiger partial charge in [-0.1, -0.05) is 96.6 Å². The average Bonchev–Trinajstić information content (AvgIpc) is 2.97. The zero-order valence-electron chi connectivity index (χ0n) is 24.1. The maximum Gasteiger partial charge on any atom is 0.343 e. The van der Waals surface area contributed by atoms with Gasteiger partial charge in [0.1, 0.15) is 11.5 Å². The first kappa shape index (κ1) is 30.4. The molecule has 1 heterocycles. The molecule has 1 aromatic heterocycles. The van der Waals surface area contributed by atoms with Gasteiger partial charge in [0.2, 0.25) is 0 Å². The number of nitrogens with zero attached hydrogens (tertiary/aromatic N) is 1. The minimum absolute atomic E-state index is 0.343. The quantitative estimate of drug-likeness (QED) is 0.0880. The van der Waals surface area contributed by atoms with Crippen LogP contribution in [0.2, 0.25) is 0 Å². The Bertz CT molecular complexity index is 1060. The number of pyridine rings is 1. The summed E-state index contributed by atoms with van der Waals surface area (Å²) in [6.45, 7) is 5.20. The van der Waals surface area contributed by atoms with Crippen molar-refractivity contribution in [2.45, 2.75) is 104 Å². The van der Waals surface area contributed by atoms with Gasteiger partial charge in [-0.25, -0.2) is 4.79 Å². The monoisotopic (exact) mass is 529 g/mol. The number of aryl methyl sites for hydroxylation is 1. The topological polar surface area (TPSA) is 48.4 Å². The van der Waals surface area contributed by atoms with E-state index in [4.69, 9.17) is 9.47 Å². The zero-order valence-corrected chi connectivity index (χ0v) is 24.1. The summed E-state index contributed by atoms with van der Waals surface area (Å²) in [7, 11) is 0. The van der Waals surface area contributed by atoms with Crippen LogP contribution in [0.15, 0.2) is 66.9 Å². The predicted molar refractivity (Wildman–Crippen MR) is 162 cm³/mol. The van der Waals surface area contributed by atoms with Gasteiger partial charge in [0.25, 0.3) is 0 Å². The van der Waals surface area contributed by atoms with Crippen molar-refractivity contribution in [3.05, 3.63) is 78.0 Å². The Labute approximate surface area is 236 Å². The Morgan fingerprint density at radius 3 is 1.85 bits per heavy atom. The molecule has 2 aromatic carbocycles. The summed E-state index contributed by atoms with van der Waals surface area (Å²) in [6.07, 6.45) is 19.6. The van der Waals surface area contributed by atoms with Crippen LogP contribution in [-0.2, 0) is 6.42 Å². The molecule has 3 aromatic rings. The molecule has 0 aliphatic rings. The summed E-state index contributed by atoms with van der Waals surface area (Å²) in [5.74, 6) is 0.980. The Morgan fingerprint density at radius 1 is 0.641 bits per heavy atom. The second kappa shape index (κ2) is 18.2. The SMILES string of the molecule is CCCCCCCCCCCCOc1ccc(-c2ccc(OC(=O)c3ccc(CCCCC)cc3)cc2)nc1. The number of hydrogen-bond donors (Lipinski definition) is 0. The number of aromatic nitrogens is 1. The first-order valence-corrected chi connectivity index (χ1v) is 15.2. The molecular weight excluding hydrogens is 482 g/mol. The van der Waals surface area contributed by atoms with E-state index in [0.29, 0.717) is 11.3 Å². The molecule has 0 unspecified atom stereocenters. The highest BCUT2D eigenvalue weighted by molar-refractivity contribution is 5.91. The van der Waals surface area contributed by atoms with Crippen molar-refractivity contribution in [1.29, 1.82) is 0 Å². The number of rotatable bonds is 19. The number of hydrogen-bond acceptors (Lipinski definition) is 4. The molecule has 0 radical (unpaired) electrons. The second-order valence-corrected chi connectivity index (χ2v) is 10.5. The summed E-state index contributed by atoms with van der Waals surface area (Å²) >= 11 is 0. The highest BCUT2D eigenvalue weighted by Crippen LogP contribution is 2.23. The highest BCUT2D eigenvalue weighted by Gasteiger charge is 2.09. The first-order valence-electron chi connectivity index (χ1n) is 15.2. The van der Waals surface area contributed by atoms with E-state index < -0.39 is 0 Å². The molecule has 210 valence electrons. The minimum atomic E-state index is -0.343. The summed E-state index contributed by atoms with van der Waals surface area (Å²) < 4.78 is 11.5. The lowest BCUT2D eigenvalue weighted by Crippen LogP contribution is -2.08. The van der Waals surface area contributed by atoms with Gasteiger partial charge >= 0.3 is 5.97 Å². The van der Waals surface area contributed by atoms with Crippen molar-refractivity contribution in [3.8, 4) is 22.8 Å². The molecule has 0 aliphatic heterocycles. The predicted octanol–water partition coefficient (Wildman–Crippen LogP) is 10.0. The van der Waals surface area contributed by atoms with Crippen LogP contribution in [-0.4, -0.2) is 17.6 Å². The average molecular weight is 530 g/mol. The molecule has 0 saturated carbocycles. The number of carbonyl (C=O) groups is 1. The fourth-order valence-electron chi connectivity index (χ4n) is 4.66. The van der Waals surface area contributed by atoms with Gasteiger partial charge in [0, 0.05) is 5.56 Å². The lowest BCUT2D eigenvalue weighted by Gasteiger charge is -2.08. The van der Waals surface area contributed by atoms with Gasteiger partial charge in [0.05, 0.1) is 24.1 Å². The molecular formula is C35H47NO3. The smallest absolute Gasteiger partial charge is 0.343 e. The molecule has 0 N–H and O–H groups in total. The largest absolute Gasteiger partial charge is 0.492 e. The summed E-state index contributed by atoms with van der Waals surface area (Å²) in [6, 6.07) is 19.1. The molecule has 0 fully saturated rings. The molecule has 3 rings (SSSR count). The Morgan fingerprint density at radius 2 is 1.23 bits per heavy atom. The van der Waals surface area contributed by atoms with Crippen LogP contribution in [0, 0.1) is 0 Å². The van der Waals surface area contributed by atoms with Crippen molar-refractivity contribution in [1.82, 2.24) is 4.98 Å². The van der Waals surface area contributed by atoms with E-state index in [1.54, 1.807) is 6.20 Å². The van der Waals surface area contributed by atoms with E-state index in [-0.39, 0.29) is 5.97 Å². The third-order valence-electron chi connectivity index (χ3n) is 7.12. The minimum Gasteiger partial charge on any atom is -0.492 e. The zero-order chi connectivity index (χ0) is 27.5. The van der Waals surface area contributed by atoms with Gasteiger partial charge in [0.15, 0.2) is 0 Å². The van der Waals surface area contributed by atoms with E-state index >= 15 is 0 Å². The van der Waals surface area contributed by atoms with Crippen LogP contribution in [0.4, 0.5) is 0 Å². The molecule has 4 heteroatoms. The van der Waals surface area contributed by atoms with Crippen LogP contribution >= 0.6 is 0 Å². The molecule has 0 amide bonds. The van der Waals surface area contributed by atoms with Gasteiger partial charge in [-0.05, 0) is 73.4 Å². The number of unbranched alkanes of at least 4 members (excludes halogenated alkanes) is 11. The van der Waals surface area contributed by atoms with E-state index in [2.05, 4.69) is 18.8 Å². The van der Waals surface area contributed by atoms with E-state index in [9.17, 15) is 4.79 Å². The van der Waals surface area contributed by atoms with Gasteiger partial charge in [-0.3, -0.25) is 4.98 Å².